The summed E-state index contributed by atoms with van der Waals surface area (Å²) < 4.78 is 16.6. The number of ether oxygens (including phenoxy) is 3. The summed E-state index contributed by atoms with van der Waals surface area (Å²) in [6, 6.07) is 6.28. The van der Waals surface area contributed by atoms with Crippen LogP contribution in [-0.4, -0.2) is 52.1 Å². The predicted octanol–water partition coefficient (Wildman–Crippen LogP) is 2.87. The molecule has 1 aliphatic heterocycles. The van der Waals surface area contributed by atoms with Crippen molar-refractivity contribution >= 4 is 29.9 Å². The zero-order valence-corrected chi connectivity index (χ0v) is 18.4. The summed E-state index contributed by atoms with van der Waals surface area (Å²) in [7, 11) is 1.72. The topological polar surface area (TPSA) is 64.1 Å². The van der Waals surface area contributed by atoms with E-state index in [0.29, 0.717) is 13.2 Å². The molecule has 1 unspecified atom stereocenters. The zero-order chi connectivity index (χ0) is 17.9. The number of halogens is 1. The molecule has 148 valence electrons. The molecule has 0 saturated carbocycles. The molecule has 2 N–H and O–H groups in total. The van der Waals surface area contributed by atoms with E-state index in [1.807, 2.05) is 0 Å². The molecule has 0 bridgehead atoms. The van der Waals surface area contributed by atoms with E-state index in [4.69, 9.17) is 14.2 Å². The van der Waals surface area contributed by atoms with Gasteiger partial charge in [-0.2, -0.15) is 0 Å². The highest BCUT2D eigenvalue weighted by Gasteiger charge is 2.18. The molecule has 1 aromatic carbocycles. The van der Waals surface area contributed by atoms with Crippen molar-refractivity contribution in [2.24, 2.45) is 4.99 Å². The molecule has 7 heteroatoms. The first kappa shape index (κ1) is 23.0. The molecule has 0 aliphatic carbocycles. The van der Waals surface area contributed by atoms with E-state index in [1.54, 1.807) is 7.11 Å². The maximum absolute atomic E-state index is 6.14. The van der Waals surface area contributed by atoms with Crippen LogP contribution in [-0.2, 0) is 16.0 Å². The molecule has 0 spiro atoms. The van der Waals surface area contributed by atoms with Crippen LogP contribution in [0, 0.1) is 6.92 Å². The summed E-state index contributed by atoms with van der Waals surface area (Å²) in [5, 5.41) is 6.60. The molecule has 0 aromatic heterocycles. The Balaban J connectivity index is 0.00000338. The van der Waals surface area contributed by atoms with E-state index in [-0.39, 0.29) is 30.1 Å². The molecule has 1 saturated heterocycles. The van der Waals surface area contributed by atoms with Gasteiger partial charge in [-0.15, -0.1) is 24.0 Å². The number of hydrogen-bond acceptors (Lipinski definition) is 4. The van der Waals surface area contributed by atoms with Crippen LogP contribution in [0.2, 0.25) is 0 Å². The number of nitrogens with zero attached hydrogens (tertiary/aromatic N) is 1. The van der Waals surface area contributed by atoms with Crippen LogP contribution in [0.15, 0.2) is 23.2 Å². The molecule has 1 atom stereocenters. The average molecular weight is 477 g/mol. The maximum Gasteiger partial charge on any atom is 0.191 e. The summed E-state index contributed by atoms with van der Waals surface area (Å²) in [6.45, 7) is 8.55. The molecule has 0 radical (unpaired) electrons. The largest absolute Gasteiger partial charge is 0.488 e. The van der Waals surface area contributed by atoms with E-state index in [2.05, 4.69) is 47.7 Å². The van der Waals surface area contributed by atoms with Gasteiger partial charge in [0.15, 0.2) is 5.96 Å². The minimum absolute atomic E-state index is 0. The van der Waals surface area contributed by atoms with Gasteiger partial charge in [-0.05, 0) is 31.9 Å². The van der Waals surface area contributed by atoms with Crippen molar-refractivity contribution in [3.63, 3.8) is 0 Å². The second-order valence-electron chi connectivity index (χ2n) is 6.18. The zero-order valence-electron chi connectivity index (χ0n) is 16.0. The van der Waals surface area contributed by atoms with Gasteiger partial charge in [0.2, 0.25) is 0 Å². The molecule has 1 fully saturated rings. The van der Waals surface area contributed by atoms with Crippen molar-refractivity contribution < 1.29 is 14.2 Å². The Morgan fingerprint density at radius 2 is 2.19 bits per heavy atom. The van der Waals surface area contributed by atoms with Gasteiger partial charge in [0.1, 0.15) is 11.9 Å². The van der Waals surface area contributed by atoms with Gasteiger partial charge in [0.05, 0.1) is 19.8 Å². The minimum atomic E-state index is 0. The predicted molar refractivity (Wildman–Crippen MR) is 116 cm³/mol. The summed E-state index contributed by atoms with van der Waals surface area (Å²) in [4.78, 5) is 4.69. The summed E-state index contributed by atoms with van der Waals surface area (Å²) >= 11 is 0. The van der Waals surface area contributed by atoms with Crippen LogP contribution < -0.4 is 15.4 Å². The molecule has 1 heterocycles. The molecular formula is C19H32IN3O3. The lowest BCUT2D eigenvalue weighted by molar-refractivity contribution is 0.140. The van der Waals surface area contributed by atoms with Crippen LogP contribution in [0.25, 0.3) is 0 Å². The van der Waals surface area contributed by atoms with Crippen LogP contribution in [0.5, 0.6) is 5.75 Å². The van der Waals surface area contributed by atoms with Crippen molar-refractivity contribution in [3.05, 3.63) is 29.3 Å². The van der Waals surface area contributed by atoms with Crippen molar-refractivity contribution in [1.82, 2.24) is 10.6 Å². The van der Waals surface area contributed by atoms with E-state index >= 15 is 0 Å². The highest BCUT2D eigenvalue weighted by molar-refractivity contribution is 14.0. The Bertz CT molecular complexity index is 549. The van der Waals surface area contributed by atoms with E-state index < -0.39 is 0 Å². The highest BCUT2D eigenvalue weighted by Crippen LogP contribution is 2.24. The van der Waals surface area contributed by atoms with Gasteiger partial charge < -0.3 is 24.8 Å². The lowest BCUT2D eigenvalue weighted by atomic mass is 10.1. The highest BCUT2D eigenvalue weighted by atomic mass is 127. The number of nitrogens with one attached hydrogen (secondary N) is 2. The fourth-order valence-electron chi connectivity index (χ4n) is 2.62. The lowest BCUT2D eigenvalue weighted by Crippen LogP contribution is -2.38. The molecule has 0 amide bonds. The lowest BCUT2D eigenvalue weighted by Gasteiger charge is -2.16. The Kier molecular flexibility index (Phi) is 11.6. The molecule has 1 aromatic rings. The van der Waals surface area contributed by atoms with Crippen molar-refractivity contribution in [3.8, 4) is 5.75 Å². The third-order valence-electron chi connectivity index (χ3n) is 3.97. The maximum atomic E-state index is 6.14. The first-order valence-corrected chi connectivity index (χ1v) is 9.08. The normalized spacial score (nSPS) is 16.9. The summed E-state index contributed by atoms with van der Waals surface area (Å²) in [6.07, 6.45) is 2.03. The standard InChI is InChI=1S/C19H31N3O3.HI/c1-4-20-19(21-9-5-10-23-3)22-13-16-7-6-15(2)12-18(16)25-17-8-11-24-14-17;/h6-7,12,17H,4-5,8-11,13-14H2,1-3H3,(H2,20,21,22);1H. The van der Waals surface area contributed by atoms with Crippen LogP contribution in [0.4, 0.5) is 0 Å². The number of benzene rings is 1. The number of rotatable bonds is 9. The van der Waals surface area contributed by atoms with Gasteiger partial charge in [-0.3, -0.25) is 0 Å². The van der Waals surface area contributed by atoms with Gasteiger partial charge in [-0.1, -0.05) is 12.1 Å². The van der Waals surface area contributed by atoms with Crippen LogP contribution in [0.1, 0.15) is 30.9 Å². The first-order chi connectivity index (χ1) is 12.2. The van der Waals surface area contributed by atoms with Gasteiger partial charge in [0, 0.05) is 38.8 Å². The van der Waals surface area contributed by atoms with Gasteiger partial charge in [0.25, 0.3) is 0 Å². The molecule has 1 aliphatic rings. The van der Waals surface area contributed by atoms with Crippen LogP contribution >= 0.6 is 24.0 Å². The smallest absolute Gasteiger partial charge is 0.191 e. The van der Waals surface area contributed by atoms with Crippen molar-refractivity contribution in [1.29, 1.82) is 0 Å². The third-order valence-corrected chi connectivity index (χ3v) is 3.97. The van der Waals surface area contributed by atoms with E-state index in [0.717, 1.165) is 56.4 Å². The number of methoxy groups -OCH3 is 1. The number of guanidine groups is 1. The fraction of sp³-hybridized carbons (Fsp3) is 0.632. The molecule has 26 heavy (non-hydrogen) atoms. The monoisotopic (exact) mass is 477 g/mol. The molecule has 2 rings (SSSR count). The Morgan fingerprint density at radius 1 is 1.35 bits per heavy atom. The van der Waals surface area contributed by atoms with Crippen LogP contribution in [0.3, 0.4) is 0 Å². The van der Waals surface area contributed by atoms with Gasteiger partial charge in [-0.25, -0.2) is 4.99 Å². The average Bonchev–Trinajstić information content (AvgIpc) is 3.11. The van der Waals surface area contributed by atoms with Gasteiger partial charge >= 0.3 is 0 Å². The second-order valence-corrected chi connectivity index (χ2v) is 6.18. The SMILES string of the molecule is CCNC(=NCc1ccc(C)cc1OC1CCOC1)NCCCOC.I. The van der Waals surface area contributed by atoms with Crippen molar-refractivity contribution in [2.45, 2.75) is 39.3 Å². The Labute approximate surface area is 174 Å². The molecular weight excluding hydrogens is 445 g/mol. The van der Waals surface area contributed by atoms with Crippen molar-refractivity contribution in [2.75, 3.05) is 40.0 Å². The van der Waals surface area contributed by atoms with E-state index in [9.17, 15) is 0 Å². The Hall–Kier alpha value is -1.06. The number of aliphatic imine (C=N–C) groups is 1. The Morgan fingerprint density at radius 3 is 2.88 bits per heavy atom. The first-order valence-electron chi connectivity index (χ1n) is 9.08. The summed E-state index contributed by atoms with van der Waals surface area (Å²) in [5.74, 6) is 1.73. The minimum Gasteiger partial charge on any atom is -0.488 e. The fourth-order valence-corrected chi connectivity index (χ4v) is 2.62. The van der Waals surface area contributed by atoms with E-state index in [1.165, 1.54) is 5.56 Å². The number of aryl methyl sites for hydroxylation is 1. The molecule has 6 nitrogen and oxygen atoms in total. The second kappa shape index (κ2) is 13.2. The number of hydrogen-bond donors (Lipinski definition) is 2. The third kappa shape index (κ3) is 8.09. The quantitative estimate of drug-likeness (QED) is 0.248. The summed E-state index contributed by atoms with van der Waals surface area (Å²) in [5.41, 5.74) is 2.28.